The van der Waals surface area contributed by atoms with Gasteiger partial charge in [0.1, 0.15) is 0 Å². The molecular formula is C48H44N4OPt. The minimum absolute atomic E-state index is 0. The van der Waals surface area contributed by atoms with Gasteiger partial charge in [0.25, 0.3) is 0 Å². The van der Waals surface area contributed by atoms with Gasteiger partial charge < -0.3 is 4.74 Å². The number of ether oxygens (including phenoxy) is 1. The summed E-state index contributed by atoms with van der Waals surface area (Å²) in [5.41, 5.74) is 13.3. The van der Waals surface area contributed by atoms with Gasteiger partial charge >= 0.3 is 21.1 Å². The molecule has 0 spiro atoms. The van der Waals surface area contributed by atoms with Crippen molar-refractivity contribution in [1.82, 2.24) is 20.0 Å². The first-order valence-electron chi connectivity index (χ1n) is 18.3. The summed E-state index contributed by atoms with van der Waals surface area (Å²) in [6, 6.07) is 45.6. The monoisotopic (exact) mass is 887 g/mol. The first-order valence-corrected chi connectivity index (χ1v) is 18.3. The summed E-state index contributed by atoms with van der Waals surface area (Å²) >= 11 is 0. The molecule has 2 heterocycles. The van der Waals surface area contributed by atoms with E-state index in [0.717, 1.165) is 33.6 Å². The molecule has 1 aliphatic rings. The van der Waals surface area contributed by atoms with E-state index in [4.69, 9.17) is 9.72 Å². The SMILES string of the molecule is Cc1cccc(C)c1-n1cc(-c2[c-]c(Oc3[c-]c(C4(c5ccccn5)c5cc(C(C)(C)C)ccc5-c5ccc(C(C)(C)C)cc54)ccc3)ccc2)nn1.[Pt+2]. The second-order valence-electron chi connectivity index (χ2n) is 16.2. The molecule has 2 aromatic heterocycles. The second-order valence-corrected chi connectivity index (χ2v) is 16.2. The fourth-order valence-corrected chi connectivity index (χ4v) is 7.71. The number of para-hydroxylation sites is 1. The van der Waals surface area contributed by atoms with Crippen LogP contribution in [0.5, 0.6) is 11.5 Å². The summed E-state index contributed by atoms with van der Waals surface area (Å²) in [7, 11) is 0. The van der Waals surface area contributed by atoms with Crippen LogP contribution in [0, 0.1) is 26.0 Å². The molecule has 0 atom stereocenters. The van der Waals surface area contributed by atoms with E-state index in [0.29, 0.717) is 17.2 Å². The van der Waals surface area contributed by atoms with Gasteiger partial charge in [0.05, 0.1) is 16.8 Å². The van der Waals surface area contributed by atoms with Gasteiger partial charge in [-0.1, -0.05) is 113 Å². The van der Waals surface area contributed by atoms with Crippen LogP contribution in [0.2, 0.25) is 0 Å². The summed E-state index contributed by atoms with van der Waals surface area (Å²) in [4.78, 5) is 5.10. The summed E-state index contributed by atoms with van der Waals surface area (Å²) in [5, 5.41) is 8.97. The van der Waals surface area contributed by atoms with Crippen molar-refractivity contribution < 1.29 is 25.8 Å². The molecule has 0 N–H and O–H groups in total. The van der Waals surface area contributed by atoms with Crippen LogP contribution >= 0.6 is 0 Å². The maximum Gasteiger partial charge on any atom is 2.00 e. The molecule has 0 radical (unpaired) electrons. The predicted molar refractivity (Wildman–Crippen MR) is 213 cm³/mol. The molecule has 0 bridgehead atoms. The van der Waals surface area contributed by atoms with E-state index in [1.807, 2.05) is 47.4 Å². The Kier molecular flexibility index (Phi) is 9.60. The molecule has 6 heteroatoms. The number of pyridine rings is 1. The average Bonchev–Trinajstić information content (AvgIpc) is 3.73. The Morgan fingerprint density at radius 1 is 0.648 bits per heavy atom. The van der Waals surface area contributed by atoms with Crippen molar-refractivity contribution in [1.29, 1.82) is 0 Å². The number of hydrogen-bond donors (Lipinski definition) is 0. The maximum absolute atomic E-state index is 6.60. The van der Waals surface area contributed by atoms with Gasteiger partial charge in [0.15, 0.2) is 0 Å². The van der Waals surface area contributed by atoms with Crippen LogP contribution in [-0.2, 0) is 37.3 Å². The smallest absolute Gasteiger partial charge is 0.503 e. The van der Waals surface area contributed by atoms with Crippen molar-refractivity contribution in [3.63, 3.8) is 0 Å². The standard InChI is InChI=1S/C48H44N4O.Pt/c1-31-14-11-15-32(2)45(31)52-30-43(50-51-52)33-16-12-18-37(26-33)53-38-19-13-17-36(27-38)48(44-20-9-10-25-49-44)41-28-34(46(3,4)5)21-23-39(41)40-24-22-35(29-42(40)48)47(6,7)8;/h9-25,28-30H,1-8H3;/q-2;+2. The normalized spacial score (nSPS) is 13.2. The van der Waals surface area contributed by atoms with E-state index in [1.54, 1.807) is 0 Å². The van der Waals surface area contributed by atoms with Crippen molar-refractivity contribution >= 4 is 0 Å². The molecular weight excluding hydrogens is 844 g/mol. The van der Waals surface area contributed by atoms with E-state index in [9.17, 15) is 0 Å². The quantitative estimate of drug-likeness (QED) is 0.156. The van der Waals surface area contributed by atoms with E-state index in [2.05, 4.69) is 157 Å². The summed E-state index contributed by atoms with van der Waals surface area (Å²) in [6.07, 6.45) is 3.84. The number of aromatic nitrogens is 4. The minimum Gasteiger partial charge on any atom is -0.503 e. The zero-order valence-corrected chi connectivity index (χ0v) is 34.3. The molecule has 0 fully saturated rings. The van der Waals surface area contributed by atoms with Crippen molar-refractivity contribution in [3.05, 3.63) is 178 Å². The van der Waals surface area contributed by atoms with Crippen LogP contribution in [0.3, 0.4) is 0 Å². The van der Waals surface area contributed by atoms with Crippen LogP contribution in [-0.4, -0.2) is 20.0 Å². The average molecular weight is 888 g/mol. The van der Waals surface area contributed by atoms with Gasteiger partial charge in [0.2, 0.25) is 0 Å². The third-order valence-corrected chi connectivity index (χ3v) is 10.5. The molecule has 5 nitrogen and oxygen atoms in total. The molecule has 0 saturated carbocycles. The maximum atomic E-state index is 6.60. The Balaban J connectivity index is 0.00000450. The van der Waals surface area contributed by atoms with Gasteiger partial charge in [-0.25, -0.2) is 4.68 Å². The van der Waals surface area contributed by atoms with Gasteiger partial charge in [0, 0.05) is 29.6 Å². The fraction of sp³-hybridized carbons (Fsp3) is 0.229. The number of aryl methyl sites for hydroxylation is 2. The van der Waals surface area contributed by atoms with Crippen LogP contribution in [0.1, 0.15) is 86.2 Å². The molecule has 1 aliphatic carbocycles. The van der Waals surface area contributed by atoms with Crippen LogP contribution in [0.4, 0.5) is 0 Å². The van der Waals surface area contributed by atoms with Crippen LogP contribution in [0.25, 0.3) is 28.1 Å². The van der Waals surface area contributed by atoms with Crippen molar-refractivity contribution in [2.24, 2.45) is 0 Å². The molecule has 5 aromatic carbocycles. The number of hydrogen-bond acceptors (Lipinski definition) is 4. The summed E-state index contributed by atoms with van der Waals surface area (Å²) < 4.78 is 8.43. The zero-order valence-electron chi connectivity index (χ0n) is 32.1. The minimum atomic E-state index is -0.731. The van der Waals surface area contributed by atoms with E-state index >= 15 is 0 Å². The first-order chi connectivity index (χ1) is 25.3. The van der Waals surface area contributed by atoms with Gasteiger partial charge in [-0.3, -0.25) is 4.98 Å². The number of benzene rings is 5. The molecule has 7 aromatic rings. The van der Waals surface area contributed by atoms with E-state index in [-0.39, 0.29) is 31.9 Å². The van der Waals surface area contributed by atoms with Gasteiger partial charge in [-0.2, -0.15) is 17.2 Å². The van der Waals surface area contributed by atoms with Gasteiger partial charge in [-0.05, 0) is 81.3 Å². The third kappa shape index (κ3) is 6.43. The molecule has 0 saturated heterocycles. The Morgan fingerprint density at radius 3 is 1.83 bits per heavy atom. The predicted octanol–water partition coefficient (Wildman–Crippen LogP) is 11.3. The van der Waals surface area contributed by atoms with Gasteiger partial charge in [-0.15, -0.1) is 41.5 Å². The molecule has 0 unspecified atom stereocenters. The first kappa shape index (κ1) is 37.2. The fourth-order valence-electron chi connectivity index (χ4n) is 7.71. The number of fused-ring (bicyclic) bond motifs is 3. The Morgan fingerprint density at radius 2 is 1.24 bits per heavy atom. The summed E-state index contributed by atoms with van der Waals surface area (Å²) in [5.74, 6) is 1.17. The molecule has 0 amide bonds. The van der Waals surface area contributed by atoms with Crippen molar-refractivity contribution in [3.8, 4) is 39.6 Å². The molecule has 54 heavy (non-hydrogen) atoms. The molecule has 272 valence electrons. The Bertz CT molecular complexity index is 2400. The Labute approximate surface area is 333 Å². The zero-order chi connectivity index (χ0) is 37.1. The van der Waals surface area contributed by atoms with Crippen LogP contribution in [0.15, 0.2) is 122 Å². The van der Waals surface area contributed by atoms with E-state index < -0.39 is 5.41 Å². The largest absolute Gasteiger partial charge is 2.00 e. The molecule has 8 rings (SSSR count). The Hall–Kier alpha value is -5.12. The summed E-state index contributed by atoms with van der Waals surface area (Å²) in [6.45, 7) is 17.8. The number of rotatable bonds is 6. The van der Waals surface area contributed by atoms with Crippen LogP contribution < -0.4 is 4.74 Å². The number of nitrogens with zero attached hydrogens (tertiary/aromatic N) is 4. The van der Waals surface area contributed by atoms with Crippen molar-refractivity contribution in [2.75, 3.05) is 0 Å². The topological polar surface area (TPSA) is 52.8 Å². The van der Waals surface area contributed by atoms with E-state index in [1.165, 1.54) is 33.4 Å². The molecule has 0 aliphatic heterocycles. The second kappa shape index (κ2) is 13.9. The third-order valence-electron chi connectivity index (χ3n) is 10.5. The van der Waals surface area contributed by atoms with Crippen molar-refractivity contribution in [2.45, 2.75) is 71.6 Å².